The number of nitrogens with one attached hydrogen (secondary N) is 3. The molecule has 4 unspecified atom stereocenters. The van der Waals surface area contributed by atoms with Crippen molar-refractivity contribution in [2.45, 2.75) is 89.7 Å². The van der Waals surface area contributed by atoms with Crippen molar-refractivity contribution in [1.82, 2.24) is 9.97 Å². The lowest BCUT2D eigenvalue weighted by Crippen LogP contribution is -2.36. The molecule has 3 heterocycles. The molecule has 210 valence electrons. The lowest BCUT2D eigenvalue weighted by molar-refractivity contribution is -0.181. The Morgan fingerprint density at radius 3 is 2.39 bits per heavy atom. The number of rotatable bonds is 13. The average Bonchev–Trinajstić information content (AvgIpc) is 3.56. The summed E-state index contributed by atoms with van der Waals surface area (Å²) in [5.74, 6) is 0.412. The number of ether oxygens (including phenoxy) is 3. The molecule has 12 nitrogen and oxygen atoms in total. The third-order valence-electron chi connectivity index (χ3n) is 6.50. The van der Waals surface area contributed by atoms with Gasteiger partial charge in [0.2, 0.25) is 5.82 Å². The molecule has 14 heteroatoms. The predicted octanol–water partition coefficient (Wildman–Crippen LogP) is 4.31. The maximum atomic E-state index is 12.9. The van der Waals surface area contributed by atoms with Crippen LogP contribution in [0.4, 0.5) is 11.6 Å². The van der Waals surface area contributed by atoms with Crippen LogP contribution in [0.15, 0.2) is 0 Å². The summed E-state index contributed by atoms with van der Waals surface area (Å²) >= 11 is 1.41. The molecule has 38 heavy (non-hydrogen) atoms. The SMILES string of the molecule is CCOP(=O)(CSCC1OC(Nc2nc(C#N)nc(NC3CCCC3)c2C=N)C2OC(C)(C)OC12)OCC. The molecular weight excluding hydrogens is 531 g/mol. The summed E-state index contributed by atoms with van der Waals surface area (Å²) < 4.78 is 42.3. The van der Waals surface area contributed by atoms with Crippen LogP contribution in [0.2, 0.25) is 0 Å². The van der Waals surface area contributed by atoms with Gasteiger partial charge in [-0.2, -0.15) is 5.26 Å². The first kappa shape index (κ1) is 29.2. The molecule has 1 aliphatic carbocycles. The van der Waals surface area contributed by atoms with Crippen LogP contribution in [0.5, 0.6) is 0 Å². The minimum Gasteiger partial charge on any atom is -0.367 e. The van der Waals surface area contributed by atoms with Gasteiger partial charge in [-0.1, -0.05) is 12.8 Å². The minimum atomic E-state index is -3.20. The third-order valence-corrected chi connectivity index (χ3v) is 10.4. The van der Waals surface area contributed by atoms with Gasteiger partial charge in [-0.25, -0.2) is 9.97 Å². The van der Waals surface area contributed by atoms with Gasteiger partial charge in [0.05, 0.1) is 30.4 Å². The van der Waals surface area contributed by atoms with E-state index in [9.17, 15) is 9.83 Å². The number of hydrogen-bond donors (Lipinski definition) is 3. The van der Waals surface area contributed by atoms with Crippen LogP contribution < -0.4 is 10.6 Å². The van der Waals surface area contributed by atoms with E-state index < -0.39 is 25.7 Å². The molecule has 1 saturated carbocycles. The molecule has 3 aliphatic rings. The molecule has 4 rings (SSSR count). The Bertz CT molecular complexity index is 1070. The highest BCUT2D eigenvalue weighted by Crippen LogP contribution is 2.51. The lowest BCUT2D eigenvalue weighted by Gasteiger charge is -2.25. The number of thioether (sulfide) groups is 1. The Morgan fingerprint density at radius 2 is 1.79 bits per heavy atom. The molecule has 0 radical (unpaired) electrons. The average molecular weight is 569 g/mol. The summed E-state index contributed by atoms with van der Waals surface area (Å²) in [5, 5.41) is 24.3. The monoisotopic (exact) mass is 568 g/mol. The van der Waals surface area contributed by atoms with E-state index in [4.69, 9.17) is 28.7 Å². The van der Waals surface area contributed by atoms with Crippen LogP contribution in [-0.2, 0) is 27.8 Å². The Labute approximate surface area is 227 Å². The summed E-state index contributed by atoms with van der Waals surface area (Å²) in [6.45, 7) is 7.86. The number of nitrogens with zero attached hydrogens (tertiary/aromatic N) is 3. The quantitative estimate of drug-likeness (QED) is 0.229. The molecular formula is C24H37N6O6PS. The van der Waals surface area contributed by atoms with Gasteiger partial charge < -0.3 is 39.3 Å². The van der Waals surface area contributed by atoms with E-state index in [1.807, 2.05) is 19.9 Å². The summed E-state index contributed by atoms with van der Waals surface area (Å²) in [6.07, 6.45) is 3.59. The van der Waals surface area contributed by atoms with Gasteiger partial charge in [0.15, 0.2) is 12.0 Å². The summed E-state index contributed by atoms with van der Waals surface area (Å²) in [4.78, 5) is 8.68. The first-order valence-corrected chi connectivity index (χ1v) is 15.9. The van der Waals surface area contributed by atoms with Crippen LogP contribution in [0.3, 0.4) is 0 Å². The van der Waals surface area contributed by atoms with Gasteiger partial charge in [0.1, 0.15) is 29.9 Å². The molecule has 3 N–H and O–H groups in total. The summed E-state index contributed by atoms with van der Waals surface area (Å²) in [7, 11) is -3.20. The maximum Gasteiger partial charge on any atom is 0.340 e. The van der Waals surface area contributed by atoms with Crippen LogP contribution >= 0.6 is 19.4 Å². The molecule has 4 atom stereocenters. The maximum absolute atomic E-state index is 12.9. The van der Waals surface area contributed by atoms with E-state index in [2.05, 4.69) is 20.6 Å². The van der Waals surface area contributed by atoms with E-state index in [0.717, 1.165) is 25.7 Å². The van der Waals surface area contributed by atoms with Crippen LogP contribution in [0.25, 0.3) is 0 Å². The molecule has 1 aromatic heterocycles. The van der Waals surface area contributed by atoms with Crippen molar-refractivity contribution >= 4 is 37.2 Å². The highest BCUT2D eigenvalue weighted by Gasteiger charge is 2.55. The van der Waals surface area contributed by atoms with Gasteiger partial charge in [-0.05, 0) is 40.5 Å². The molecule has 0 bridgehead atoms. The second kappa shape index (κ2) is 12.6. The number of nitriles is 1. The zero-order valence-corrected chi connectivity index (χ0v) is 24.0. The summed E-state index contributed by atoms with van der Waals surface area (Å²) in [5.41, 5.74) is 0.640. The first-order chi connectivity index (χ1) is 18.2. The Morgan fingerprint density at radius 1 is 1.16 bits per heavy atom. The van der Waals surface area contributed by atoms with E-state index in [1.54, 1.807) is 13.8 Å². The third kappa shape index (κ3) is 6.86. The number of anilines is 2. The van der Waals surface area contributed by atoms with Crippen LogP contribution in [-0.4, -0.2) is 77.0 Å². The zero-order valence-electron chi connectivity index (χ0n) is 22.3. The highest BCUT2D eigenvalue weighted by molar-refractivity contribution is 8.04. The van der Waals surface area contributed by atoms with Crippen molar-refractivity contribution < 1.29 is 27.8 Å². The van der Waals surface area contributed by atoms with E-state index >= 15 is 0 Å². The smallest absolute Gasteiger partial charge is 0.340 e. The van der Waals surface area contributed by atoms with E-state index in [-0.39, 0.29) is 29.6 Å². The van der Waals surface area contributed by atoms with Crippen molar-refractivity contribution in [3.05, 3.63) is 11.4 Å². The topological polar surface area (TPSA) is 161 Å². The predicted molar refractivity (Wildman–Crippen MR) is 145 cm³/mol. The molecule has 3 fully saturated rings. The second-order valence-corrected chi connectivity index (χ2v) is 13.3. The molecule has 1 aromatic rings. The van der Waals surface area contributed by atoms with Gasteiger partial charge in [0, 0.05) is 18.0 Å². The standard InChI is InChI=1S/C24H37N6O6PS/c1-5-32-37(31,33-6-2)14-38-13-17-19-20(36-24(3,4)35-19)23(34-17)30-22-16(11-25)21(28-18(12-26)29-22)27-15-9-7-8-10-15/h11,15,17,19-20,23,25H,5-10,13-14H2,1-4H3,(H2,27,28,29,30). The van der Waals surface area contributed by atoms with Gasteiger partial charge in [-0.15, -0.1) is 11.8 Å². The van der Waals surface area contributed by atoms with Crippen LogP contribution in [0, 0.1) is 16.7 Å². The number of fused-ring (bicyclic) bond motifs is 1. The van der Waals surface area contributed by atoms with Gasteiger partial charge >= 0.3 is 7.60 Å². The molecule has 0 amide bonds. The van der Waals surface area contributed by atoms with E-state index in [1.165, 1.54) is 18.0 Å². The fraction of sp³-hybridized carbons (Fsp3) is 0.750. The fourth-order valence-corrected chi connectivity index (χ4v) is 8.27. The van der Waals surface area contributed by atoms with Gasteiger partial charge in [0.25, 0.3) is 0 Å². The van der Waals surface area contributed by atoms with Crippen molar-refractivity contribution in [2.24, 2.45) is 0 Å². The number of hydrogen-bond acceptors (Lipinski definition) is 13. The normalized spacial score (nSPS) is 26.7. The number of aromatic nitrogens is 2. The van der Waals surface area contributed by atoms with Crippen molar-refractivity contribution in [3.8, 4) is 6.07 Å². The largest absolute Gasteiger partial charge is 0.367 e. The van der Waals surface area contributed by atoms with Gasteiger partial charge in [-0.3, -0.25) is 4.57 Å². The molecule has 2 saturated heterocycles. The van der Waals surface area contributed by atoms with Crippen molar-refractivity contribution in [1.29, 1.82) is 10.7 Å². The van der Waals surface area contributed by atoms with Crippen molar-refractivity contribution in [2.75, 3.05) is 35.1 Å². The van der Waals surface area contributed by atoms with E-state index in [0.29, 0.717) is 36.2 Å². The van der Waals surface area contributed by atoms with Crippen molar-refractivity contribution in [3.63, 3.8) is 0 Å². The lowest BCUT2D eigenvalue weighted by atomic mass is 10.1. The Kier molecular flexibility index (Phi) is 9.68. The Hall–Kier alpha value is -1.78. The highest BCUT2D eigenvalue weighted by atomic mass is 32.2. The fourth-order valence-electron chi connectivity index (χ4n) is 4.99. The summed E-state index contributed by atoms with van der Waals surface area (Å²) in [6, 6.07) is 2.26. The zero-order chi connectivity index (χ0) is 27.3. The molecule has 0 spiro atoms. The minimum absolute atomic E-state index is 0.00762. The van der Waals surface area contributed by atoms with Crippen LogP contribution in [0.1, 0.15) is 64.8 Å². The Balaban J connectivity index is 1.51. The molecule has 0 aromatic carbocycles. The molecule has 2 aliphatic heterocycles. The second-order valence-electron chi connectivity index (χ2n) is 9.79. The first-order valence-electron chi connectivity index (χ1n) is 13.0.